The Hall–Kier alpha value is -2.38. The number of carboxylic acid groups (broad SMARTS) is 1. The van der Waals surface area contributed by atoms with E-state index in [2.05, 4.69) is 10.6 Å². The predicted molar refractivity (Wildman–Crippen MR) is 99.6 cm³/mol. The molecule has 0 bridgehead atoms. The van der Waals surface area contributed by atoms with Crippen LogP contribution in [0.2, 0.25) is 10.0 Å². The lowest BCUT2D eigenvalue weighted by Gasteiger charge is -2.13. The van der Waals surface area contributed by atoms with Gasteiger partial charge in [0.15, 0.2) is 0 Å². The molecule has 27 heavy (non-hydrogen) atoms. The standard InChI is InChI=1S/C18H16Cl2F2N2O3/c1-9(18(26)27)24-17(25)12-7-15(22)16(8-14(12)21)23-5-4-10-2-3-11(19)6-13(10)20/h2-3,6-9,23H,4-5H2,1H3,(H,24,25)(H,26,27)/t9-/m1/s1. The summed E-state index contributed by atoms with van der Waals surface area (Å²) < 4.78 is 28.3. The second kappa shape index (κ2) is 9.01. The Bertz CT molecular complexity index is 878. The molecule has 0 spiro atoms. The summed E-state index contributed by atoms with van der Waals surface area (Å²) in [7, 11) is 0. The third-order valence-electron chi connectivity index (χ3n) is 3.74. The lowest BCUT2D eigenvalue weighted by Crippen LogP contribution is -2.38. The van der Waals surface area contributed by atoms with Crippen LogP contribution in [0.5, 0.6) is 0 Å². The van der Waals surface area contributed by atoms with E-state index in [9.17, 15) is 18.4 Å². The van der Waals surface area contributed by atoms with Crippen molar-refractivity contribution >= 4 is 40.8 Å². The second-order valence-electron chi connectivity index (χ2n) is 5.76. The predicted octanol–water partition coefficient (Wildman–Crippen LogP) is 4.13. The van der Waals surface area contributed by atoms with E-state index in [0.717, 1.165) is 17.7 Å². The summed E-state index contributed by atoms with van der Waals surface area (Å²) in [4.78, 5) is 22.6. The maximum atomic E-state index is 14.2. The summed E-state index contributed by atoms with van der Waals surface area (Å²) >= 11 is 11.9. The molecule has 0 aliphatic rings. The van der Waals surface area contributed by atoms with E-state index in [0.29, 0.717) is 16.5 Å². The Morgan fingerprint density at radius 3 is 2.48 bits per heavy atom. The van der Waals surface area contributed by atoms with Gasteiger partial charge >= 0.3 is 5.97 Å². The fraction of sp³-hybridized carbons (Fsp3) is 0.222. The average Bonchev–Trinajstić information content (AvgIpc) is 2.59. The number of hydrogen-bond acceptors (Lipinski definition) is 3. The number of carbonyl (C=O) groups is 2. The third kappa shape index (κ3) is 5.55. The van der Waals surface area contributed by atoms with Gasteiger partial charge in [0.2, 0.25) is 0 Å². The highest BCUT2D eigenvalue weighted by atomic mass is 35.5. The number of halogens is 4. The van der Waals surface area contributed by atoms with Gasteiger partial charge in [-0.15, -0.1) is 0 Å². The van der Waals surface area contributed by atoms with Crippen molar-refractivity contribution in [3.63, 3.8) is 0 Å². The Kier molecular flexibility index (Phi) is 6.98. The topological polar surface area (TPSA) is 78.4 Å². The molecule has 2 aromatic rings. The molecule has 0 aliphatic heterocycles. The number of benzene rings is 2. The van der Waals surface area contributed by atoms with Crippen LogP contribution in [0.15, 0.2) is 30.3 Å². The lowest BCUT2D eigenvalue weighted by molar-refractivity contribution is -0.138. The molecule has 0 unspecified atom stereocenters. The SMILES string of the molecule is C[C@@H](NC(=O)c1cc(F)c(NCCc2ccc(Cl)cc2Cl)cc1F)C(=O)O. The van der Waals surface area contributed by atoms with E-state index < -0.39 is 35.1 Å². The number of nitrogens with one attached hydrogen (secondary N) is 2. The van der Waals surface area contributed by atoms with E-state index in [4.69, 9.17) is 28.3 Å². The maximum absolute atomic E-state index is 14.2. The van der Waals surface area contributed by atoms with E-state index in [1.165, 1.54) is 6.92 Å². The van der Waals surface area contributed by atoms with Crippen LogP contribution < -0.4 is 10.6 Å². The summed E-state index contributed by atoms with van der Waals surface area (Å²) in [5.41, 5.74) is 0.0837. The summed E-state index contributed by atoms with van der Waals surface area (Å²) in [6.45, 7) is 1.48. The molecule has 0 aliphatic carbocycles. The van der Waals surface area contributed by atoms with E-state index in [1.54, 1.807) is 18.2 Å². The summed E-state index contributed by atoms with van der Waals surface area (Å²) in [6, 6.07) is 5.33. The van der Waals surface area contributed by atoms with Gasteiger partial charge in [0, 0.05) is 22.7 Å². The van der Waals surface area contributed by atoms with Crippen molar-refractivity contribution in [1.82, 2.24) is 5.32 Å². The fourth-order valence-corrected chi connectivity index (χ4v) is 2.75. The molecule has 0 saturated carbocycles. The Morgan fingerprint density at radius 2 is 1.85 bits per heavy atom. The van der Waals surface area contributed by atoms with Gasteiger partial charge in [0.1, 0.15) is 17.7 Å². The van der Waals surface area contributed by atoms with Crippen LogP contribution in [-0.4, -0.2) is 29.6 Å². The van der Waals surface area contributed by atoms with Crippen LogP contribution in [0.25, 0.3) is 0 Å². The molecule has 144 valence electrons. The van der Waals surface area contributed by atoms with Gasteiger partial charge in [-0.3, -0.25) is 9.59 Å². The smallest absolute Gasteiger partial charge is 0.325 e. The number of amides is 1. The highest BCUT2D eigenvalue weighted by Gasteiger charge is 2.20. The van der Waals surface area contributed by atoms with E-state index >= 15 is 0 Å². The van der Waals surface area contributed by atoms with Crippen LogP contribution >= 0.6 is 23.2 Å². The molecule has 9 heteroatoms. The lowest BCUT2D eigenvalue weighted by atomic mass is 10.1. The maximum Gasteiger partial charge on any atom is 0.325 e. The zero-order valence-electron chi connectivity index (χ0n) is 14.2. The molecular formula is C18H16Cl2F2N2O3. The quantitative estimate of drug-likeness (QED) is 0.633. The molecule has 2 rings (SSSR count). The number of anilines is 1. The minimum atomic E-state index is -1.29. The van der Waals surface area contributed by atoms with Crippen molar-refractivity contribution < 1.29 is 23.5 Å². The van der Waals surface area contributed by atoms with E-state index in [1.807, 2.05) is 0 Å². The fourth-order valence-electron chi connectivity index (χ4n) is 2.25. The average molecular weight is 417 g/mol. The molecule has 2 aromatic carbocycles. The van der Waals surface area contributed by atoms with Crippen molar-refractivity contribution in [3.05, 3.63) is 63.1 Å². The van der Waals surface area contributed by atoms with Gasteiger partial charge in [0.05, 0.1) is 11.3 Å². The van der Waals surface area contributed by atoms with Crippen molar-refractivity contribution in [2.24, 2.45) is 0 Å². The highest BCUT2D eigenvalue weighted by Crippen LogP contribution is 2.23. The molecule has 3 N–H and O–H groups in total. The van der Waals surface area contributed by atoms with Crippen LogP contribution in [0, 0.1) is 11.6 Å². The molecule has 0 heterocycles. The van der Waals surface area contributed by atoms with Crippen molar-refractivity contribution in [2.75, 3.05) is 11.9 Å². The van der Waals surface area contributed by atoms with Gasteiger partial charge in [-0.2, -0.15) is 0 Å². The largest absolute Gasteiger partial charge is 0.480 e. The van der Waals surface area contributed by atoms with Gasteiger partial charge in [-0.05, 0) is 37.1 Å². The Labute approximate surface area is 164 Å². The second-order valence-corrected chi connectivity index (χ2v) is 6.60. The zero-order valence-corrected chi connectivity index (χ0v) is 15.7. The van der Waals surface area contributed by atoms with Crippen molar-refractivity contribution in [1.29, 1.82) is 0 Å². The van der Waals surface area contributed by atoms with Crippen LogP contribution in [0.1, 0.15) is 22.8 Å². The molecule has 0 aromatic heterocycles. The first-order valence-electron chi connectivity index (χ1n) is 7.89. The first-order valence-corrected chi connectivity index (χ1v) is 8.65. The first-order chi connectivity index (χ1) is 12.7. The number of aliphatic carboxylic acids is 1. The van der Waals surface area contributed by atoms with E-state index in [-0.39, 0.29) is 12.2 Å². The summed E-state index contributed by atoms with van der Waals surface area (Å²) in [5.74, 6) is -4.12. The Morgan fingerprint density at radius 1 is 1.15 bits per heavy atom. The summed E-state index contributed by atoms with van der Waals surface area (Å²) in [5, 5.41) is 14.5. The van der Waals surface area contributed by atoms with Crippen LogP contribution in [0.3, 0.4) is 0 Å². The highest BCUT2D eigenvalue weighted by molar-refractivity contribution is 6.35. The van der Waals surface area contributed by atoms with Gasteiger partial charge in [-0.1, -0.05) is 29.3 Å². The van der Waals surface area contributed by atoms with Crippen molar-refractivity contribution in [2.45, 2.75) is 19.4 Å². The zero-order chi connectivity index (χ0) is 20.1. The number of carboxylic acids is 1. The Balaban J connectivity index is 2.05. The van der Waals surface area contributed by atoms with Crippen LogP contribution in [-0.2, 0) is 11.2 Å². The molecule has 0 radical (unpaired) electrons. The molecular weight excluding hydrogens is 401 g/mol. The molecule has 0 fully saturated rings. The molecule has 1 atom stereocenters. The van der Waals surface area contributed by atoms with Crippen LogP contribution in [0.4, 0.5) is 14.5 Å². The first kappa shape index (κ1) is 20.9. The monoisotopic (exact) mass is 416 g/mol. The molecule has 5 nitrogen and oxygen atoms in total. The van der Waals surface area contributed by atoms with Gasteiger partial charge in [0.25, 0.3) is 5.91 Å². The molecule has 1 amide bonds. The number of rotatable bonds is 7. The minimum absolute atomic E-state index is 0.125. The third-order valence-corrected chi connectivity index (χ3v) is 4.33. The minimum Gasteiger partial charge on any atom is -0.480 e. The van der Waals surface area contributed by atoms with Crippen molar-refractivity contribution in [3.8, 4) is 0 Å². The normalized spacial score (nSPS) is 11.7. The molecule has 0 saturated heterocycles. The number of hydrogen-bond donors (Lipinski definition) is 3. The number of carbonyl (C=O) groups excluding carboxylic acids is 1. The van der Waals surface area contributed by atoms with Gasteiger partial charge in [-0.25, -0.2) is 8.78 Å². The van der Waals surface area contributed by atoms with Gasteiger partial charge < -0.3 is 15.7 Å². The summed E-state index contributed by atoms with van der Waals surface area (Å²) in [6.07, 6.45) is 0.440.